The molecule has 0 spiro atoms. The molecule has 0 amide bonds. The van der Waals surface area contributed by atoms with Crippen LogP contribution in [-0.2, 0) is 11.3 Å². The molecule has 0 aliphatic carbocycles. The molecule has 3 N–H and O–H groups in total. The van der Waals surface area contributed by atoms with Crippen LogP contribution in [0.2, 0.25) is 0 Å². The Bertz CT molecular complexity index is 1020. The van der Waals surface area contributed by atoms with Gasteiger partial charge in [-0.15, -0.1) is 0 Å². The second-order valence-electron chi connectivity index (χ2n) is 4.91. The average Bonchev–Trinajstić information content (AvgIpc) is 3.30. The van der Waals surface area contributed by atoms with E-state index >= 15 is 0 Å². The SMILES string of the molecule is Fc1ccccc1-c1noc(CNc2ncnc3cc[nH]c23)n1.O=CO. The molecule has 0 atom stereocenters. The number of H-pyrrole nitrogens is 1. The number of rotatable bonds is 4. The Morgan fingerprint density at radius 2 is 2.08 bits per heavy atom. The molecule has 0 saturated heterocycles. The Morgan fingerprint density at radius 1 is 1.27 bits per heavy atom. The highest BCUT2D eigenvalue weighted by molar-refractivity contribution is 5.85. The number of carbonyl (C=O) groups is 1. The highest BCUT2D eigenvalue weighted by atomic mass is 19.1. The number of halogens is 1. The standard InChI is InChI=1S/C15H11FN6O.CH2O2/c16-10-4-2-1-3-9(10)14-21-12(23-22-14)7-18-15-13-11(5-6-17-13)19-8-20-15;2-1-3/h1-6,8,17H,7H2,(H,18,19,20);1H,(H,2,3). The first kappa shape index (κ1) is 17.0. The molecular formula is C16H13FN6O3. The number of fused-ring (bicyclic) bond motifs is 1. The van der Waals surface area contributed by atoms with Gasteiger partial charge in [-0.1, -0.05) is 17.3 Å². The molecule has 0 saturated carbocycles. The zero-order chi connectivity index (χ0) is 18.4. The monoisotopic (exact) mass is 356 g/mol. The summed E-state index contributed by atoms with van der Waals surface area (Å²) in [5.41, 5.74) is 1.90. The van der Waals surface area contributed by atoms with E-state index < -0.39 is 5.82 Å². The van der Waals surface area contributed by atoms with Crippen LogP contribution in [0.1, 0.15) is 5.89 Å². The van der Waals surface area contributed by atoms with E-state index in [0.717, 1.165) is 11.0 Å². The van der Waals surface area contributed by atoms with E-state index in [-0.39, 0.29) is 18.8 Å². The van der Waals surface area contributed by atoms with Crippen molar-refractivity contribution < 1.29 is 18.8 Å². The molecule has 0 bridgehead atoms. The van der Waals surface area contributed by atoms with Crippen molar-refractivity contribution in [3.63, 3.8) is 0 Å². The fourth-order valence-electron chi connectivity index (χ4n) is 2.24. The van der Waals surface area contributed by atoms with Crippen molar-refractivity contribution in [1.82, 2.24) is 25.1 Å². The Hall–Kier alpha value is -3.82. The molecule has 1 aromatic carbocycles. The minimum Gasteiger partial charge on any atom is -0.483 e. The summed E-state index contributed by atoms with van der Waals surface area (Å²) in [7, 11) is 0. The van der Waals surface area contributed by atoms with Crippen LogP contribution >= 0.6 is 0 Å². The second kappa shape index (κ2) is 7.83. The van der Waals surface area contributed by atoms with E-state index in [1.54, 1.807) is 24.4 Å². The molecule has 3 aromatic heterocycles. The molecule has 4 aromatic rings. The third kappa shape index (κ3) is 3.64. The number of hydrogen-bond donors (Lipinski definition) is 3. The molecule has 10 heteroatoms. The smallest absolute Gasteiger partial charge is 0.290 e. The van der Waals surface area contributed by atoms with Gasteiger partial charge in [-0.05, 0) is 18.2 Å². The van der Waals surface area contributed by atoms with Crippen molar-refractivity contribution in [3.05, 3.63) is 54.6 Å². The summed E-state index contributed by atoms with van der Waals surface area (Å²) >= 11 is 0. The summed E-state index contributed by atoms with van der Waals surface area (Å²) in [6.07, 6.45) is 3.25. The number of nitrogens with one attached hydrogen (secondary N) is 2. The maximum atomic E-state index is 13.7. The fraction of sp³-hybridized carbons (Fsp3) is 0.0625. The summed E-state index contributed by atoms with van der Waals surface area (Å²) in [5, 5.41) is 13.8. The predicted octanol–water partition coefficient (Wildman–Crippen LogP) is 2.46. The molecule has 26 heavy (non-hydrogen) atoms. The number of aromatic nitrogens is 5. The van der Waals surface area contributed by atoms with Crippen molar-refractivity contribution in [2.45, 2.75) is 6.54 Å². The van der Waals surface area contributed by atoms with Crippen LogP contribution in [0.5, 0.6) is 0 Å². The molecule has 0 radical (unpaired) electrons. The van der Waals surface area contributed by atoms with Crippen molar-refractivity contribution in [2.75, 3.05) is 5.32 Å². The zero-order valence-corrected chi connectivity index (χ0v) is 13.3. The molecule has 9 nitrogen and oxygen atoms in total. The number of carboxylic acid groups (broad SMARTS) is 1. The minimum atomic E-state index is -0.392. The van der Waals surface area contributed by atoms with Crippen molar-refractivity contribution in [2.24, 2.45) is 0 Å². The molecule has 0 aliphatic rings. The van der Waals surface area contributed by atoms with E-state index in [0.29, 0.717) is 17.3 Å². The first-order chi connectivity index (χ1) is 12.7. The number of anilines is 1. The van der Waals surface area contributed by atoms with Crippen LogP contribution in [0.25, 0.3) is 22.4 Å². The van der Waals surface area contributed by atoms with Crippen LogP contribution < -0.4 is 5.32 Å². The summed E-state index contributed by atoms with van der Waals surface area (Å²) in [6, 6.07) is 8.13. The van der Waals surface area contributed by atoms with Crippen molar-refractivity contribution >= 4 is 23.3 Å². The van der Waals surface area contributed by atoms with Gasteiger partial charge in [0.1, 0.15) is 17.7 Å². The average molecular weight is 356 g/mol. The van der Waals surface area contributed by atoms with Gasteiger partial charge in [-0.25, -0.2) is 14.4 Å². The van der Waals surface area contributed by atoms with Crippen molar-refractivity contribution in [3.8, 4) is 11.4 Å². The molecule has 132 valence electrons. The van der Waals surface area contributed by atoms with Crippen LogP contribution in [0.3, 0.4) is 0 Å². The third-order valence-electron chi connectivity index (χ3n) is 3.34. The van der Waals surface area contributed by atoms with Crippen LogP contribution in [0.15, 0.2) is 47.4 Å². The summed E-state index contributed by atoms with van der Waals surface area (Å²) in [6.45, 7) is 0.0204. The fourth-order valence-corrected chi connectivity index (χ4v) is 2.24. The van der Waals surface area contributed by atoms with Gasteiger partial charge in [-0.2, -0.15) is 4.98 Å². The van der Waals surface area contributed by atoms with E-state index in [1.165, 1.54) is 12.4 Å². The topological polar surface area (TPSA) is 130 Å². The third-order valence-corrected chi connectivity index (χ3v) is 3.34. The van der Waals surface area contributed by atoms with Gasteiger partial charge in [0.25, 0.3) is 6.47 Å². The van der Waals surface area contributed by atoms with Gasteiger partial charge >= 0.3 is 0 Å². The summed E-state index contributed by atoms with van der Waals surface area (Å²) in [4.78, 5) is 23.9. The second-order valence-corrected chi connectivity index (χ2v) is 4.91. The molecular weight excluding hydrogens is 343 g/mol. The lowest BCUT2D eigenvalue weighted by Crippen LogP contribution is -2.02. The van der Waals surface area contributed by atoms with E-state index in [1.807, 2.05) is 6.07 Å². The molecule has 3 heterocycles. The van der Waals surface area contributed by atoms with Crippen LogP contribution in [-0.4, -0.2) is 36.7 Å². The number of nitrogens with zero attached hydrogens (tertiary/aromatic N) is 4. The highest BCUT2D eigenvalue weighted by Gasteiger charge is 2.13. The maximum Gasteiger partial charge on any atom is 0.290 e. The van der Waals surface area contributed by atoms with Gasteiger partial charge in [0.2, 0.25) is 11.7 Å². The van der Waals surface area contributed by atoms with Crippen LogP contribution in [0.4, 0.5) is 10.2 Å². The Balaban J connectivity index is 0.000000613. The molecule has 4 rings (SSSR count). The first-order valence-electron chi connectivity index (χ1n) is 7.40. The van der Waals surface area contributed by atoms with Gasteiger partial charge < -0.3 is 19.9 Å². The quantitative estimate of drug-likeness (QED) is 0.475. The Kier molecular flexibility index (Phi) is 5.13. The lowest BCUT2D eigenvalue weighted by Gasteiger charge is -2.02. The van der Waals surface area contributed by atoms with Gasteiger partial charge in [0.05, 0.1) is 17.6 Å². The van der Waals surface area contributed by atoms with E-state index in [2.05, 4.69) is 30.4 Å². The summed E-state index contributed by atoms with van der Waals surface area (Å²) in [5.74, 6) is 0.788. The zero-order valence-electron chi connectivity index (χ0n) is 13.3. The molecule has 0 unspecified atom stereocenters. The van der Waals surface area contributed by atoms with Gasteiger partial charge in [-0.3, -0.25) is 4.79 Å². The summed E-state index contributed by atoms with van der Waals surface area (Å²) < 4.78 is 18.9. The highest BCUT2D eigenvalue weighted by Crippen LogP contribution is 2.20. The van der Waals surface area contributed by atoms with E-state index in [4.69, 9.17) is 14.4 Å². The Labute approximate surface area is 145 Å². The normalized spacial score (nSPS) is 10.2. The van der Waals surface area contributed by atoms with Crippen molar-refractivity contribution in [1.29, 1.82) is 0 Å². The van der Waals surface area contributed by atoms with Gasteiger partial charge in [0.15, 0.2) is 5.82 Å². The molecule has 0 aliphatic heterocycles. The number of aromatic amines is 1. The lowest BCUT2D eigenvalue weighted by molar-refractivity contribution is -0.122. The maximum absolute atomic E-state index is 13.7. The largest absolute Gasteiger partial charge is 0.483 e. The number of hydrogen-bond acceptors (Lipinski definition) is 7. The minimum absolute atomic E-state index is 0.215. The van der Waals surface area contributed by atoms with Crippen LogP contribution in [0, 0.1) is 5.82 Å². The molecule has 0 fully saturated rings. The Morgan fingerprint density at radius 3 is 2.88 bits per heavy atom. The van der Waals surface area contributed by atoms with Gasteiger partial charge in [0, 0.05) is 6.20 Å². The van der Waals surface area contributed by atoms with E-state index in [9.17, 15) is 4.39 Å². The predicted molar refractivity (Wildman–Crippen MR) is 89.6 cm³/mol. The number of benzene rings is 1. The first-order valence-corrected chi connectivity index (χ1v) is 7.40. The lowest BCUT2D eigenvalue weighted by atomic mass is 10.2.